The lowest BCUT2D eigenvalue weighted by atomic mass is 10.1. The lowest BCUT2D eigenvalue weighted by molar-refractivity contribution is 0.524. The van der Waals surface area contributed by atoms with Crippen molar-refractivity contribution >= 4 is 10.9 Å². The minimum Gasteiger partial charge on any atom is -0.341 e. The van der Waals surface area contributed by atoms with Crippen molar-refractivity contribution < 1.29 is 0 Å². The van der Waals surface area contributed by atoms with Gasteiger partial charge >= 0.3 is 0 Å². The van der Waals surface area contributed by atoms with Crippen LogP contribution in [0.15, 0.2) is 42.7 Å². The van der Waals surface area contributed by atoms with E-state index < -0.39 is 0 Å². The van der Waals surface area contributed by atoms with Crippen LogP contribution >= 0.6 is 0 Å². The SMILES string of the molecule is Cc1cccc2c1ccn2Cc1ccn(C(C)C)n1. The van der Waals surface area contributed by atoms with Crippen molar-refractivity contribution in [2.75, 3.05) is 0 Å². The molecule has 0 amide bonds. The molecule has 0 fully saturated rings. The van der Waals surface area contributed by atoms with Gasteiger partial charge in [0, 0.05) is 29.3 Å². The molecule has 2 aromatic heterocycles. The summed E-state index contributed by atoms with van der Waals surface area (Å²) in [6, 6.07) is 11.1. The first kappa shape index (κ1) is 12.0. The fourth-order valence-corrected chi connectivity index (χ4v) is 2.44. The summed E-state index contributed by atoms with van der Waals surface area (Å²) in [6.45, 7) is 7.27. The van der Waals surface area contributed by atoms with E-state index >= 15 is 0 Å². The second kappa shape index (κ2) is 4.57. The monoisotopic (exact) mass is 253 g/mol. The van der Waals surface area contributed by atoms with Crippen LogP contribution in [0.4, 0.5) is 0 Å². The molecule has 3 nitrogen and oxygen atoms in total. The third kappa shape index (κ3) is 2.16. The summed E-state index contributed by atoms with van der Waals surface area (Å²) in [7, 11) is 0. The van der Waals surface area contributed by atoms with Crippen molar-refractivity contribution in [3.8, 4) is 0 Å². The zero-order chi connectivity index (χ0) is 13.4. The van der Waals surface area contributed by atoms with Gasteiger partial charge in [-0.15, -0.1) is 0 Å². The first-order valence-corrected chi connectivity index (χ1v) is 6.73. The Labute approximate surface area is 113 Å². The normalized spacial score (nSPS) is 11.6. The summed E-state index contributed by atoms with van der Waals surface area (Å²) in [4.78, 5) is 0. The zero-order valence-corrected chi connectivity index (χ0v) is 11.7. The van der Waals surface area contributed by atoms with Gasteiger partial charge in [-0.3, -0.25) is 4.68 Å². The van der Waals surface area contributed by atoms with E-state index in [0.717, 1.165) is 12.2 Å². The molecular weight excluding hydrogens is 234 g/mol. The Bertz CT molecular complexity index is 704. The number of aromatic nitrogens is 3. The zero-order valence-electron chi connectivity index (χ0n) is 11.7. The van der Waals surface area contributed by atoms with Crippen molar-refractivity contribution in [3.63, 3.8) is 0 Å². The number of fused-ring (bicyclic) bond motifs is 1. The molecule has 0 bridgehead atoms. The van der Waals surface area contributed by atoms with Gasteiger partial charge in [-0.1, -0.05) is 12.1 Å². The Morgan fingerprint density at radius 3 is 2.68 bits per heavy atom. The van der Waals surface area contributed by atoms with Gasteiger partial charge in [0.25, 0.3) is 0 Å². The van der Waals surface area contributed by atoms with E-state index in [-0.39, 0.29) is 0 Å². The highest BCUT2D eigenvalue weighted by Gasteiger charge is 2.06. The molecule has 0 saturated heterocycles. The number of nitrogens with zero attached hydrogens (tertiary/aromatic N) is 3. The van der Waals surface area contributed by atoms with Crippen molar-refractivity contribution in [2.45, 2.75) is 33.4 Å². The van der Waals surface area contributed by atoms with Crippen LogP contribution in [0.3, 0.4) is 0 Å². The first-order valence-electron chi connectivity index (χ1n) is 6.73. The maximum absolute atomic E-state index is 4.61. The Morgan fingerprint density at radius 1 is 1.11 bits per heavy atom. The second-order valence-corrected chi connectivity index (χ2v) is 5.33. The van der Waals surface area contributed by atoms with E-state index in [1.54, 1.807) is 0 Å². The molecule has 19 heavy (non-hydrogen) atoms. The molecule has 1 aromatic carbocycles. The minimum absolute atomic E-state index is 0.414. The number of rotatable bonds is 3. The Morgan fingerprint density at radius 2 is 1.95 bits per heavy atom. The van der Waals surface area contributed by atoms with Crippen LogP contribution in [-0.4, -0.2) is 14.3 Å². The molecule has 0 N–H and O–H groups in total. The fraction of sp³-hybridized carbons (Fsp3) is 0.312. The van der Waals surface area contributed by atoms with Crippen molar-refractivity contribution in [1.82, 2.24) is 14.3 Å². The molecule has 0 aliphatic heterocycles. The van der Waals surface area contributed by atoms with E-state index in [4.69, 9.17) is 0 Å². The van der Waals surface area contributed by atoms with Gasteiger partial charge in [0.2, 0.25) is 0 Å². The van der Waals surface area contributed by atoms with E-state index in [0.29, 0.717) is 6.04 Å². The average Bonchev–Trinajstić information content (AvgIpc) is 2.98. The lowest BCUT2D eigenvalue weighted by Gasteiger charge is -2.05. The molecule has 0 spiro atoms. The largest absolute Gasteiger partial charge is 0.341 e. The predicted octanol–water partition coefficient (Wildman–Crippen LogP) is 3.78. The Balaban J connectivity index is 1.94. The molecule has 3 aromatic rings. The van der Waals surface area contributed by atoms with Crippen LogP contribution in [0.1, 0.15) is 31.1 Å². The number of aryl methyl sites for hydroxylation is 1. The highest BCUT2D eigenvalue weighted by atomic mass is 15.3. The second-order valence-electron chi connectivity index (χ2n) is 5.33. The van der Waals surface area contributed by atoms with E-state index in [2.05, 4.69) is 73.2 Å². The molecule has 0 aliphatic carbocycles. The smallest absolute Gasteiger partial charge is 0.0821 e. The van der Waals surface area contributed by atoms with Crippen LogP contribution in [0, 0.1) is 6.92 Å². The van der Waals surface area contributed by atoms with Gasteiger partial charge in [-0.2, -0.15) is 5.10 Å². The predicted molar refractivity (Wildman–Crippen MR) is 78.4 cm³/mol. The summed E-state index contributed by atoms with van der Waals surface area (Å²) < 4.78 is 4.27. The lowest BCUT2D eigenvalue weighted by Crippen LogP contribution is -2.04. The third-order valence-electron chi connectivity index (χ3n) is 3.56. The number of hydrogen-bond acceptors (Lipinski definition) is 1. The van der Waals surface area contributed by atoms with Crippen molar-refractivity contribution in [1.29, 1.82) is 0 Å². The van der Waals surface area contributed by atoms with Gasteiger partial charge in [0.05, 0.1) is 12.2 Å². The Hall–Kier alpha value is -2.03. The highest BCUT2D eigenvalue weighted by Crippen LogP contribution is 2.20. The van der Waals surface area contributed by atoms with Crippen molar-refractivity contribution in [3.05, 3.63) is 54.0 Å². The summed E-state index contributed by atoms with van der Waals surface area (Å²) >= 11 is 0. The summed E-state index contributed by atoms with van der Waals surface area (Å²) in [5, 5.41) is 5.93. The molecule has 0 aliphatic rings. The molecule has 0 atom stereocenters. The van der Waals surface area contributed by atoms with Crippen LogP contribution in [0.5, 0.6) is 0 Å². The van der Waals surface area contributed by atoms with E-state index in [1.165, 1.54) is 16.5 Å². The van der Waals surface area contributed by atoms with Crippen LogP contribution < -0.4 is 0 Å². The molecule has 0 unspecified atom stereocenters. The average molecular weight is 253 g/mol. The van der Waals surface area contributed by atoms with Crippen LogP contribution in [0.2, 0.25) is 0 Å². The molecule has 0 saturated carbocycles. The number of hydrogen-bond donors (Lipinski definition) is 0. The summed E-state index contributed by atoms with van der Waals surface area (Å²) in [5.41, 5.74) is 3.70. The van der Waals surface area contributed by atoms with Crippen LogP contribution in [-0.2, 0) is 6.54 Å². The molecule has 0 radical (unpaired) electrons. The van der Waals surface area contributed by atoms with Gasteiger partial charge < -0.3 is 4.57 Å². The molecule has 98 valence electrons. The summed E-state index contributed by atoms with van der Waals surface area (Å²) in [5.74, 6) is 0. The maximum atomic E-state index is 4.61. The van der Waals surface area contributed by atoms with E-state index in [1.807, 2.05) is 4.68 Å². The minimum atomic E-state index is 0.414. The number of benzene rings is 1. The molecule has 3 rings (SSSR count). The molecule has 2 heterocycles. The van der Waals surface area contributed by atoms with E-state index in [9.17, 15) is 0 Å². The van der Waals surface area contributed by atoms with Crippen molar-refractivity contribution in [2.24, 2.45) is 0 Å². The van der Waals surface area contributed by atoms with Gasteiger partial charge in [-0.05, 0) is 44.5 Å². The van der Waals surface area contributed by atoms with Gasteiger partial charge in [0.15, 0.2) is 0 Å². The van der Waals surface area contributed by atoms with Crippen LogP contribution in [0.25, 0.3) is 10.9 Å². The fourth-order valence-electron chi connectivity index (χ4n) is 2.44. The van der Waals surface area contributed by atoms with Gasteiger partial charge in [-0.25, -0.2) is 0 Å². The third-order valence-corrected chi connectivity index (χ3v) is 3.56. The Kier molecular flexibility index (Phi) is 2.90. The molecule has 3 heteroatoms. The quantitative estimate of drug-likeness (QED) is 0.696. The maximum Gasteiger partial charge on any atom is 0.0821 e. The molecular formula is C16H19N3. The standard InChI is InChI=1S/C16H19N3/c1-12(2)19-10-7-14(17-19)11-18-9-8-15-13(3)5-4-6-16(15)18/h4-10,12H,11H2,1-3H3. The summed E-state index contributed by atoms with van der Waals surface area (Å²) in [6.07, 6.45) is 4.20. The first-order chi connectivity index (χ1) is 9.15. The van der Waals surface area contributed by atoms with Gasteiger partial charge in [0.1, 0.15) is 0 Å². The highest BCUT2D eigenvalue weighted by molar-refractivity contribution is 5.83. The topological polar surface area (TPSA) is 22.8 Å².